The molecule has 0 spiro atoms. The van der Waals surface area contributed by atoms with E-state index in [1.165, 1.54) is 13.2 Å². The molecule has 1 aromatic rings. The summed E-state index contributed by atoms with van der Waals surface area (Å²) in [7, 11) is 1.46. The number of hydrogen-bond donors (Lipinski definition) is 0. The fourth-order valence-electron chi connectivity index (χ4n) is 1.00. The zero-order valence-electron chi connectivity index (χ0n) is 6.93. The average molecular weight is 168 g/mol. The molecule has 0 aliphatic rings. The molecule has 0 atom stereocenters. The van der Waals surface area contributed by atoms with E-state index in [1.807, 2.05) is 0 Å². The standard InChI is InChI=1S/C9H9FO2/c1-6-8(12-2)4-3-7(5-11)9(6)10/h3-5H,1-2H3. The third kappa shape index (κ3) is 1.30. The molecule has 0 saturated heterocycles. The van der Waals surface area contributed by atoms with Gasteiger partial charge in [-0.15, -0.1) is 0 Å². The van der Waals surface area contributed by atoms with Crippen LogP contribution in [0.4, 0.5) is 4.39 Å². The third-order valence-electron chi connectivity index (χ3n) is 1.71. The number of benzene rings is 1. The van der Waals surface area contributed by atoms with Gasteiger partial charge in [0.2, 0.25) is 0 Å². The van der Waals surface area contributed by atoms with Crippen LogP contribution in [-0.4, -0.2) is 13.4 Å². The maximum atomic E-state index is 13.1. The molecule has 0 amide bonds. The predicted molar refractivity (Wildman–Crippen MR) is 43.1 cm³/mol. The molecule has 0 heterocycles. The van der Waals surface area contributed by atoms with Gasteiger partial charge in [-0.05, 0) is 19.1 Å². The minimum absolute atomic E-state index is 0.0632. The molecule has 0 N–H and O–H groups in total. The molecule has 0 bridgehead atoms. The quantitative estimate of drug-likeness (QED) is 0.631. The van der Waals surface area contributed by atoms with Gasteiger partial charge in [0.25, 0.3) is 0 Å². The number of ether oxygens (including phenoxy) is 1. The number of hydrogen-bond acceptors (Lipinski definition) is 2. The van der Waals surface area contributed by atoms with E-state index in [0.29, 0.717) is 17.6 Å². The van der Waals surface area contributed by atoms with Crippen molar-refractivity contribution in [2.45, 2.75) is 6.92 Å². The van der Waals surface area contributed by atoms with Crippen molar-refractivity contribution in [2.75, 3.05) is 7.11 Å². The van der Waals surface area contributed by atoms with Crippen LogP contribution < -0.4 is 4.74 Å². The summed E-state index contributed by atoms with van der Waals surface area (Å²) >= 11 is 0. The van der Waals surface area contributed by atoms with E-state index in [0.717, 1.165) is 0 Å². The van der Waals surface area contributed by atoms with Gasteiger partial charge in [0.1, 0.15) is 11.6 Å². The van der Waals surface area contributed by atoms with Gasteiger partial charge in [0, 0.05) is 5.56 Å². The van der Waals surface area contributed by atoms with Gasteiger partial charge in [-0.1, -0.05) is 0 Å². The zero-order valence-corrected chi connectivity index (χ0v) is 6.93. The summed E-state index contributed by atoms with van der Waals surface area (Å²) < 4.78 is 18.0. The van der Waals surface area contributed by atoms with Crippen LogP contribution in [0.25, 0.3) is 0 Å². The number of carbonyl (C=O) groups excluding carboxylic acids is 1. The molecule has 3 heteroatoms. The van der Waals surface area contributed by atoms with Crippen molar-refractivity contribution >= 4 is 6.29 Å². The Morgan fingerprint density at radius 2 is 2.17 bits per heavy atom. The van der Waals surface area contributed by atoms with Crippen molar-refractivity contribution in [1.29, 1.82) is 0 Å². The molecule has 0 saturated carbocycles. The molecule has 64 valence electrons. The normalized spacial score (nSPS) is 9.58. The highest BCUT2D eigenvalue weighted by atomic mass is 19.1. The molecule has 0 aliphatic carbocycles. The Kier molecular flexibility index (Phi) is 2.43. The molecule has 0 unspecified atom stereocenters. The highest BCUT2D eigenvalue weighted by Crippen LogP contribution is 2.21. The first-order chi connectivity index (χ1) is 5.70. The maximum absolute atomic E-state index is 13.1. The second-order valence-corrected chi connectivity index (χ2v) is 2.41. The Bertz CT molecular complexity index is 308. The fraction of sp³-hybridized carbons (Fsp3) is 0.222. The van der Waals surface area contributed by atoms with E-state index in [9.17, 15) is 9.18 Å². The topological polar surface area (TPSA) is 26.3 Å². The van der Waals surface area contributed by atoms with Gasteiger partial charge in [-0.2, -0.15) is 0 Å². The lowest BCUT2D eigenvalue weighted by Crippen LogP contribution is -1.95. The second-order valence-electron chi connectivity index (χ2n) is 2.41. The van der Waals surface area contributed by atoms with Crippen molar-refractivity contribution in [3.05, 3.63) is 29.1 Å². The lowest BCUT2D eigenvalue weighted by Gasteiger charge is -2.05. The molecular formula is C9H9FO2. The van der Waals surface area contributed by atoms with Gasteiger partial charge in [-0.3, -0.25) is 4.79 Å². The van der Waals surface area contributed by atoms with Crippen molar-refractivity contribution in [2.24, 2.45) is 0 Å². The number of rotatable bonds is 2. The van der Waals surface area contributed by atoms with E-state index < -0.39 is 5.82 Å². The minimum atomic E-state index is -0.510. The minimum Gasteiger partial charge on any atom is -0.496 e. The summed E-state index contributed by atoms with van der Waals surface area (Å²) in [5, 5.41) is 0. The molecule has 0 fully saturated rings. The number of methoxy groups -OCH3 is 1. The van der Waals surface area contributed by atoms with Crippen LogP contribution in [-0.2, 0) is 0 Å². The molecule has 1 rings (SSSR count). The van der Waals surface area contributed by atoms with Gasteiger partial charge in [0.15, 0.2) is 6.29 Å². The first kappa shape index (κ1) is 8.71. The Morgan fingerprint density at radius 1 is 1.50 bits per heavy atom. The van der Waals surface area contributed by atoms with E-state index >= 15 is 0 Å². The SMILES string of the molecule is COc1ccc(C=O)c(F)c1C. The Labute approximate surface area is 70.0 Å². The van der Waals surface area contributed by atoms with Gasteiger partial charge in [0.05, 0.1) is 12.7 Å². The van der Waals surface area contributed by atoms with Crippen LogP contribution in [0.1, 0.15) is 15.9 Å². The summed E-state index contributed by atoms with van der Waals surface area (Å²) in [5.41, 5.74) is 0.426. The summed E-state index contributed by atoms with van der Waals surface area (Å²) in [5.74, 6) is -0.0533. The maximum Gasteiger partial charge on any atom is 0.153 e. The molecule has 0 aromatic heterocycles. The van der Waals surface area contributed by atoms with Gasteiger partial charge in [-0.25, -0.2) is 4.39 Å². The van der Waals surface area contributed by atoms with Gasteiger partial charge < -0.3 is 4.74 Å². The Morgan fingerprint density at radius 3 is 2.67 bits per heavy atom. The highest BCUT2D eigenvalue weighted by Gasteiger charge is 2.08. The van der Waals surface area contributed by atoms with E-state index in [1.54, 1.807) is 13.0 Å². The van der Waals surface area contributed by atoms with E-state index in [4.69, 9.17) is 4.74 Å². The van der Waals surface area contributed by atoms with Crippen LogP contribution in [0, 0.1) is 12.7 Å². The van der Waals surface area contributed by atoms with Crippen LogP contribution in [0.15, 0.2) is 12.1 Å². The van der Waals surface area contributed by atoms with Crippen LogP contribution in [0.2, 0.25) is 0 Å². The largest absolute Gasteiger partial charge is 0.496 e. The highest BCUT2D eigenvalue weighted by molar-refractivity contribution is 5.76. The van der Waals surface area contributed by atoms with Crippen molar-refractivity contribution in [3.63, 3.8) is 0 Å². The van der Waals surface area contributed by atoms with E-state index in [-0.39, 0.29) is 5.56 Å². The Hall–Kier alpha value is -1.38. The molecule has 0 radical (unpaired) electrons. The second kappa shape index (κ2) is 3.34. The summed E-state index contributed by atoms with van der Waals surface area (Å²) in [6, 6.07) is 2.97. The third-order valence-corrected chi connectivity index (χ3v) is 1.71. The molecule has 2 nitrogen and oxygen atoms in total. The molecule has 1 aromatic carbocycles. The number of carbonyl (C=O) groups is 1. The summed E-state index contributed by atoms with van der Waals surface area (Å²) in [6.07, 6.45) is 0.488. The fourth-order valence-corrected chi connectivity index (χ4v) is 1.00. The number of halogens is 1. The molecular weight excluding hydrogens is 159 g/mol. The van der Waals surface area contributed by atoms with Crippen molar-refractivity contribution < 1.29 is 13.9 Å². The average Bonchev–Trinajstić information content (AvgIpc) is 2.10. The van der Waals surface area contributed by atoms with Crippen molar-refractivity contribution in [1.82, 2.24) is 0 Å². The zero-order chi connectivity index (χ0) is 9.14. The Balaban J connectivity index is 3.29. The lowest BCUT2D eigenvalue weighted by atomic mass is 10.1. The summed E-state index contributed by atoms with van der Waals surface area (Å²) in [6.45, 7) is 1.57. The first-order valence-electron chi connectivity index (χ1n) is 3.49. The monoisotopic (exact) mass is 168 g/mol. The van der Waals surface area contributed by atoms with E-state index in [2.05, 4.69) is 0 Å². The number of aldehydes is 1. The lowest BCUT2D eigenvalue weighted by molar-refractivity contribution is 0.111. The molecule has 12 heavy (non-hydrogen) atoms. The van der Waals surface area contributed by atoms with Crippen molar-refractivity contribution in [3.8, 4) is 5.75 Å². The summed E-state index contributed by atoms with van der Waals surface area (Å²) in [4.78, 5) is 10.3. The van der Waals surface area contributed by atoms with Crippen LogP contribution in [0.5, 0.6) is 5.75 Å². The van der Waals surface area contributed by atoms with Crippen LogP contribution >= 0.6 is 0 Å². The van der Waals surface area contributed by atoms with Crippen LogP contribution in [0.3, 0.4) is 0 Å². The predicted octanol–water partition coefficient (Wildman–Crippen LogP) is 1.96. The first-order valence-corrected chi connectivity index (χ1v) is 3.49. The molecule has 0 aliphatic heterocycles. The van der Waals surface area contributed by atoms with Gasteiger partial charge >= 0.3 is 0 Å². The smallest absolute Gasteiger partial charge is 0.153 e.